The largest absolute Gasteiger partial charge is 0.378 e. The minimum absolute atomic E-state index is 0.00476. The number of aryl methyl sites for hydroxylation is 2. The van der Waals surface area contributed by atoms with Gasteiger partial charge in [-0.15, -0.1) is 11.3 Å². The quantitative estimate of drug-likeness (QED) is 0.278. The smallest absolute Gasteiger partial charge is 0.263 e. The molecule has 4 aromatic rings. The third-order valence-electron chi connectivity index (χ3n) is 6.83. The van der Waals surface area contributed by atoms with Crippen molar-refractivity contribution < 1.29 is 9.53 Å². The number of fused-ring (bicyclic) bond motifs is 3. The zero-order chi connectivity index (χ0) is 25.2. The summed E-state index contributed by atoms with van der Waals surface area (Å²) in [6.07, 6.45) is 3.06. The van der Waals surface area contributed by atoms with E-state index in [0.717, 1.165) is 72.7 Å². The lowest BCUT2D eigenvalue weighted by molar-refractivity contribution is -0.113. The average Bonchev–Trinajstić information content (AvgIpc) is 3.52. The summed E-state index contributed by atoms with van der Waals surface area (Å²) in [7, 11) is 0. The molecule has 1 fully saturated rings. The topological polar surface area (TPSA) is 76.5 Å². The van der Waals surface area contributed by atoms with Crippen LogP contribution in [0.5, 0.6) is 0 Å². The van der Waals surface area contributed by atoms with Crippen LogP contribution in [0.15, 0.2) is 64.5 Å². The number of hydrogen-bond acceptors (Lipinski definition) is 7. The Bertz CT molecular complexity index is 1480. The first kappa shape index (κ1) is 24.2. The van der Waals surface area contributed by atoms with Crippen molar-refractivity contribution in [1.29, 1.82) is 0 Å². The molecule has 2 aliphatic rings. The minimum Gasteiger partial charge on any atom is -0.378 e. The summed E-state index contributed by atoms with van der Waals surface area (Å²) in [5.74, 6) is 0.0432. The summed E-state index contributed by atoms with van der Waals surface area (Å²) in [6.45, 7) is 3.65. The summed E-state index contributed by atoms with van der Waals surface area (Å²) in [6, 6.07) is 17.8. The molecule has 9 heteroatoms. The summed E-state index contributed by atoms with van der Waals surface area (Å²) in [5.41, 5.74) is 4.08. The van der Waals surface area contributed by atoms with Crippen molar-refractivity contribution in [2.45, 2.75) is 31.0 Å². The molecule has 1 N–H and O–H groups in total. The van der Waals surface area contributed by atoms with Gasteiger partial charge in [0.05, 0.1) is 30.9 Å². The monoisotopic (exact) mass is 532 g/mol. The van der Waals surface area contributed by atoms with Gasteiger partial charge in [-0.25, -0.2) is 4.98 Å². The van der Waals surface area contributed by atoms with E-state index in [0.29, 0.717) is 11.7 Å². The fourth-order valence-electron chi connectivity index (χ4n) is 4.98. The van der Waals surface area contributed by atoms with Gasteiger partial charge in [0.15, 0.2) is 5.16 Å². The molecule has 1 aliphatic carbocycles. The molecule has 0 spiro atoms. The summed E-state index contributed by atoms with van der Waals surface area (Å²) < 4.78 is 7.16. The Kier molecular flexibility index (Phi) is 6.99. The maximum Gasteiger partial charge on any atom is 0.263 e. The predicted octanol–water partition coefficient (Wildman–Crippen LogP) is 4.56. The van der Waals surface area contributed by atoms with Crippen LogP contribution in [0.4, 0.5) is 11.4 Å². The lowest BCUT2D eigenvalue weighted by Gasteiger charge is -2.28. The van der Waals surface area contributed by atoms with Crippen molar-refractivity contribution in [1.82, 2.24) is 9.55 Å². The molecule has 1 amide bonds. The summed E-state index contributed by atoms with van der Waals surface area (Å²) in [5, 5.41) is 4.33. The number of nitrogens with one attached hydrogen (secondary N) is 1. The molecule has 0 radical (unpaired) electrons. The maximum atomic E-state index is 13.7. The number of rotatable bonds is 7. The molecule has 0 atom stereocenters. The van der Waals surface area contributed by atoms with Crippen molar-refractivity contribution in [3.8, 4) is 0 Å². The van der Waals surface area contributed by atoms with Crippen LogP contribution in [-0.4, -0.2) is 47.5 Å². The van der Waals surface area contributed by atoms with E-state index in [2.05, 4.69) is 10.2 Å². The van der Waals surface area contributed by atoms with Crippen LogP contribution in [0, 0.1) is 0 Å². The second-order valence-corrected chi connectivity index (χ2v) is 11.3. The molecule has 0 saturated carbocycles. The van der Waals surface area contributed by atoms with Gasteiger partial charge in [0, 0.05) is 29.3 Å². The molecule has 1 aliphatic heterocycles. The Morgan fingerprint density at radius 1 is 1.05 bits per heavy atom. The first-order valence-corrected chi connectivity index (χ1v) is 14.4. The van der Waals surface area contributed by atoms with E-state index in [-0.39, 0.29) is 17.2 Å². The Balaban J connectivity index is 1.20. The number of thioether (sulfide) groups is 1. The van der Waals surface area contributed by atoms with E-state index in [4.69, 9.17) is 9.72 Å². The van der Waals surface area contributed by atoms with Crippen LogP contribution >= 0.6 is 23.1 Å². The van der Waals surface area contributed by atoms with Crippen molar-refractivity contribution >= 4 is 50.6 Å². The van der Waals surface area contributed by atoms with Crippen molar-refractivity contribution in [3.63, 3.8) is 0 Å². The number of morpholine rings is 1. The summed E-state index contributed by atoms with van der Waals surface area (Å²) in [4.78, 5) is 35.7. The van der Waals surface area contributed by atoms with Gasteiger partial charge in [0.2, 0.25) is 5.91 Å². The van der Waals surface area contributed by atoms with E-state index in [1.165, 1.54) is 22.2 Å². The highest BCUT2D eigenvalue weighted by Crippen LogP contribution is 2.35. The number of benzene rings is 2. The number of hydrogen-bond donors (Lipinski definition) is 1. The average molecular weight is 533 g/mol. The summed E-state index contributed by atoms with van der Waals surface area (Å²) >= 11 is 2.94. The third kappa shape index (κ3) is 5.16. The van der Waals surface area contributed by atoms with Crippen LogP contribution in [0.3, 0.4) is 0 Å². The van der Waals surface area contributed by atoms with Crippen molar-refractivity contribution in [2.24, 2.45) is 0 Å². The van der Waals surface area contributed by atoms with Gasteiger partial charge in [-0.05, 0) is 54.7 Å². The van der Waals surface area contributed by atoms with Gasteiger partial charge in [0.1, 0.15) is 4.83 Å². The number of carbonyl (C=O) groups excluding carboxylic acids is 1. The van der Waals surface area contributed by atoms with Gasteiger partial charge < -0.3 is 15.0 Å². The van der Waals surface area contributed by atoms with Crippen LogP contribution < -0.4 is 15.8 Å². The molecular weight excluding hydrogens is 504 g/mol. The van der Waals surface area contributed by atoms with E-state index in [9.17, 15) is 9.59 Å². The molecule has 37 heavy (non-hydrogen) atoms. The van der Waals surface area contributed by atoms with E-state index in [1.54, 1.807) is 15.9 Å². The van der Waals surface area contributed by atoms with E-state index < -0.39 is 0 Å². The van der Waals surface area contributed by atoms with Crippen LogP contribution in [-0.2, 0) is 28.9 Å². The Morgan fingerprint density at radius 2 is 1.84 bits per heavy atom. The molecule has 3 heterocycles. The number of carbonyl (C=O) groups is 1. The molecule has 6 rings (SSSR count). The van der Waals surface area contributed by atoms with E-state index >= 15 is 0 Å². The highest BCUT2D eigenvalue weighted by molar-refractivity contribution is 7.99. The number of ether oxygens (including phenoxy) is 1. The number of nitrogens with zero attached hydrogens (tertiary/aromatic N) is 3. The highest BCUT2D eigenvalue weighted by atomic mass is 32.2. The van der Waals surface area contributed by atoms with Gasteiger partial charge in [0.25, 0.3) is 5.56 Å². The van der Waals surface area contributed by atoms with Crippen LogP contribution in [0.25, 0.3) is 10.2 Å². The number of amides is 1. The predicted molar refractivity (Wildman–Crippen MR) is 150 cm³/mol. The Hall–Kier alpha value is -3.14. The second-order valence-electron chi connectivity index (χ2n) is 9.29. The zero-order valence-electron chi connectivity index (χ0n) is 20.4. The van der Waals surface area contributed by atoms with E-state index in [1.807, 2.05) is 54.6 Å². The van der Waals surface area contributed by atoms with Crippen molar-refractivity contribution in [3.05, 3.63) is 81.0 Å². The molecule has 2 aromatic heterocycles. The van der Waals surface area contributed by atoms with Crippen LogP contribution in [0.1, 0.15) is 22.4 Å². The molecule has 0 bridgehead atoms. The van der Waals surface area contributed by atoms with Gasteiger partial charge in [-0.1, -0.05) is 42.1 Å². The SMILES string of the molecule is O=C(CSc1nc2sc3c(c2c(=O)n1Cc1ccccc1)CCC3)Nc1ccc(N2CCOCC2)cc1. The molecule has 7 nitrogen and oxygen atoms in total. The molecule has 190 valence electrons. The first-order chi connectivity index (χ1) is 18.2. The van der Waals surface area contributed by atoms with Gasteiger partial charge >= 0.3 is 0 Å². The standard InChI is InChI=1S/C28H28N4O3S2/c33-24(29-20-9-11-21(12-10-20)31-13-15-35-16-14-31)18-36-28-30-26-25(22-7-4-8-23(22)37-26)27(34)32(28)17-19-5-2-1-3-6-19/h1-3,5-6,9-12H,4,7-8,13-18H2,(H,29,33). The fraction of sp³-hybridized carbons (Fsp3) is 0.321. The Labute approximate surface area is 223 Å². The fourth-order valence-corrected chi connectivity index (χ4v) is 7.08. The highest BCUT2D eigenvalue weighted by Gasteiger charge is 2.24. The van der Waals surface area contributed by atoms with Gasteiger partial charge in [-0.3, -0.25) is 14.2 Å². The number of anilines is 2. The molecular formula is C28H28N4O3S2. The maximum absolute atomic E-state index is 13.7. The molecule has 1 saturated heterocycles. The zero-order valence-corrected chi connectivity index (χ0v) is 22.1. The van der Waals surface area contributed by atoms with Crippen LogP contribution in [0.2, 0.25) is 0 Å². The minimum atomic E-state index is -0.126. The third-order valence-corrected chi connectivity index (χ3v) is 9.00. The molecule has 0 unspecified atom stereocenters. The second kappa shape index (κ2) is 10.7. The van der Waals surface area contributed by atoms with Crippen molar-refractivity contribution in [2.75, 3.05) is 42.3 Å². The number of thiophene rings is 1. The van der Waals surface area contributed by atoms with Gasteiger partial charge in [-0.2, -0.15) is 0 Å². The Morgan fingerprint density at radius 3 is 2.62 bits per heavy atom. The lowest BCUT2D eigenvalue weighted by Crippen LogP contribution is -2.36. The normalized spacial score (nSPS) is 15.2. The lowest BCUT2D eigenvalue weighted by atomic mass is 10.2. The number of aromatic nitrogens is 2. The molecule has 2 aromatic carbocycles. The first-order valence-electron chi connectivity index (χ1n) is 12.6.